The molecule has 0 radical (unpaired) electrons. The molecule has 1 rings (SSSR count). The van der Waals surface area contributed by atoms with Gasteiger partial charge in [0.2, 0.25) is 5.91 Å². The van der Waals surface area contributed by atoms with E-state index in [0.717, 1.165) is 58.7 Å². The fourth-order valence-electron chi connectivity index (χ4n) is 2.59. The summed E-state index contributed by atoms with van der Waals surface area (Å²) in [5.41, 5.74) is 5.54. The molecule has 20 heavy (non-hydrogen) atoms. The number of hydrogen-bond acceptors (Lipinski definition) is 4. The van der Waals surface area contributed by atoms with Crippen molar-refractivity contribution >= 4 is 5.91 Å². The largest absolute Gasteiger partial charge is 0.355 e. The minimum Gasteiger partial charge on any atom is -0.355 e. The lowest BCUT2D eigenvalue weighted by atomic mass is 10.2. The minimum absolute atomic E-state index is 0.00622. The van der Waals surface area contributed by atoms with E-state index in [1.165, 1.54) is 12.8 Å². The predicted octanol–water partition coefficient (Wildman–Crippen LogP) is 0.648. The van der Waals surface area contributed by atoms with Crippen LogP contribution in [0.5, 0.6) is 0 Å². The molecule has 1 amide bonds. The van der Waals surface area contributed by atoms with Crippen LogP contribution in [-0.4, -0.2) is 67.6 Å². The molecule has 5 nitrogen and oxygen atoms in total. The van der Waals surface area contributed by atoms with Crippen molar-refractivity contribution in [2.75, 3.05) is 45.8 Å². The third-order valence-electron chi connectivity index (χ3n) is 4.09. The minimum atomic E-state index is -0.00622. The second kappa shape index (κ2) is 10.1. The number of nitrogens with one attached hydrogen (secondary N) is 1. The first-order valence-electron chi connectivity index (χ1n) is 8.13. The molecule has 0 aliphatic carbocycles. The van der Waals surface area contributed by atoms with E-state index in [-0.39, 0.29) is 11.9 Å². The Balaban J connectivity index is 2.20. The third-order valence-corrected chi connectivity index (χ3v) is 4.09. The van der Waals surface area contributed by atoms with Gasteiger partial charge in [0.1, 0.15) is 0 Å². The first-order chi connectivity index (χ1) is 9.69. The van der Waals surface area contributed by atoms with Gasteiger partial charge >= 0.3 is 0 Å². The van der Waals surface area contributed by atoms with Gasteiger partial charge in [-0.2, -0.15) is 0 Å². The number of nitrogens with two attached hydrogens (primary N) is 1. The van der Waals surface area contributed by atoms with Crippen LogP contribution in [0.3, 0.4) is 0 Å². The molecular weight excluding hydrogens is 252 g/mol. The Morgan fingerprint density at radius 1 is 1.20 bits per heavy atom. The number of hydrogen-bond donors (Lipinski definition) is 2. The Morgan fingerprint density at radius 3 is 2.50 bits per heavy atom. The number of carbonyl (C=O) groups excluding carboxylic acids is 1. The van der Waals surface area contributed by atoms with E-state index in [1.807, 2.05) is 6.92 Å². The summed E-state index contributed by atoms with van der Waals surface area (Å²) < 4.78 is 0. The highest BCUT2D eigenvalue weighted by Crippen LogP contribution is 2.07. The molecule has 0 spiro atoms. The summed E-state index contributed by atoms with van der Waals surface area (Å²) in [5, 5.41) is 3.05. The maximum atomic E-state index is 12.1. The van der Waals surface area contributed by atoms with Crippen LogP contribution in [0, 0.1) is 0 Å². The monoisotopic (exact) mass is 284 g/mol. The summed E-state index contributed by atoms with van der Waals surface area (Å²) >= 11 is 0. The quantitative estimate of drug-likeness (QED) is 0.610. The number of nitrogens with zero attached hydrogens (tertiary/aromatic N) is 2. The van der Waals surface area contributed by atoms with Crippen molar-refractivity contribution < 1.29 is 4.79 Å². The number of unbranched alkanes of at least 4 members (excludes halogenated alkanes) is 2. The van der Waals surface area contributed by atoms with Crippen LogP contribution in [0.4, 0.5) is 0 Å². The van der Waals surface area contributed by atoms with Crippen molar-refractivity contribution in [2.24, 2.45) is 5.73 Å². The maximum absolute atomic E-state index is 12.1. The van der Waals surface area contributed by atoms with Crippen molar-refractivity contribution in [3.8, 4) is 0 Å². The highest BCUT2D eigenvalue weighted by atomic mass is 16.2. The van der Waals surface area contributed by atoms with Crippen LogP contribution in [0.1, 0.15) is 39.5 Å². The Kier molecular flexibility index (Phi) is 8.82. The molecule has 118 valence electrons. The van der Waals surface area contributed by atoms with E-state index in [9.17, 15) is 4.79 Å². The summed E-state index contributed by atoms with van der Waals surface area (Å²) in [7, 11) is 0. The van der Waals surface area contributed by atoms with E-state index in [1.54, 1.807) is 0 Å². The van der Waals surface area contributed by atoms with Gasteiger partial charge in [0.15, 0.2) is 0 Å². The average Bonchev–Trinajstić information content (AvgIpc) is 2.49. The summed E-state index contributed by atoms with van der Waals surface area (Å²) in [6.45, 7) is 10.9. The molecule has 0 aromatic heterocycles. The zero-order valence-electron chi connectivity index (χ0n) is 13.2. The van der Waals surface area contributed by atoms with E-state index in [0.29, 0.717) is 0 Å². The second-order valence-electron chi connectivity index (χ2n) is 5.69. The molecule has 1 aliphatic rings. The molecule has 1 heterocycles. The number of amides is 1. The summed E-state index contributed by atoms with van der Waals surface area (Å²) in [6, 6.07) is -0.00622. The van der Waals surface area contributed by atoms with E-state index < -0.39 is 0 Å². The standard InChI is InChI=1S/C15H32N4O/c1-3-4-5-8-17-15(20)14(2)19-12-10-18(11-13-19)9-6-7-16/h14H,3-13,16H2,1-2H3,(H,17,20). The lowest BCUT2D eigenvalue weighted by Gasteiger charge is -2.37. The van der Waals surface area contributed by atoms with Crippen LogP contribution in [0.2, 0.25) is 0 Å². The molecule has 5 heteroatoms. The molecular formula is C15H32N4O. The Labute approximate surface area is 123 Å². The third kappa shape index (κ3) is 6.20. The van der Waals surface area contributed by atoms with Crippen molar-refractivity contribution in [1.82, 2.24) is 15.1 Å². The highest BCUT2D eigenvalue weighted by molar-refractivity contribution is 5.81. The smallest absolute Gasteiger partial charge is 0.237 e. The predicted molar refractivity (Wildman–Crippen MR) is 83.7 cm³/mol. The van der Waals surface area contributed by atoms with Crippen LogP contribution in [-0.2, 0) is 4.79 Å². The molecule has 1 saturated heterocycles. The van der Waals surface area contributed by atoms with Gasteiger partial charge in [0, 0.05) is 32.7 Å². The van der Waals surface area contributed by atoms with Crippen LogP contribution in [0.15, 0.2) is 0 Å². The van der Waals surface area contributed by atoms with Gasteiger partial charge in [-0.15, -0.1) is 0 Å². The van der Waals surface area contributed by atoms with Crippen molar-refractivity contribution in [3.63, 3.8) is 0 Å². The van der Waals surface area contributed by atoms with Crippen LogP contribution >= 0.6 is 0 Å². The fourth-order valence-corrected chi connectivity index (χ4v) is 2.59. The Bertz CT molecular complexity index is 265. The summed E-state index contributed by atoms with van der Waals surface area (Å²) in [6.07, 6.45) is 4.53. The number of carbonyl (C=O) groups is 1. The molecule has 0 bridgehead atoms. The molecule has 0 saturated carbocycles. The van der Waals surface area contributed by atoms with Crippen LogP contribution < -0.4 is 11.1 Å². The van der Waals surface area contributed by atoms with E-state index in [4.69, 9.17) is 5.73 Å². The first kappa shape index (κ1) is 17.4. The Morgan fingerprint density at radius 2 is 1.90 bits per heavy atom. The lowest BCUT2D eigenvalue weighted by molar-refractivity contribution is -0.126. The van der Waals surface area contributed by atoms with Gasteiger partial charge in [-0.3, -0.25) is 9.69 Å². The van der Waals surface area contributed by atoms with Crippen LogP contribution in [0.25, 0.3) is 0 Å². The molecule has 1 unspecified atom stereocenters. The van der Waals surface area contributed by atoms with E-state index in [2.05, 4.69) is 22.0 Å². The molecule has 3 N–H and O–H groups in total. The zero-order valence-corrected chi connectivity index (χ0v) is 13.2. The van der Waals surface area contributed by atoms with Gasteiger partial charge in [-0.1, -0.05) is 19.8 Å². The SMILES string of the molecule is CCCCCNC(=O)C(C)N1CCN(CCCN)CC1. The van der Waals surface area contributed by atoms with Crippen molar-refractivity contribution in [2.45, 2.75) is 45.6 Å². The fraction of sp³-hybridized carbons (Fsp3) is 0.933. The van der Waals surface area contributed by atoms with E-state index >= 15 is 0 Å². The van der Waals surface area contributed by atoms with Gasteiger partial charge in [0.25, 0.3) is 0 Å². The normalized spacial score (nSPS) is 18.9. The maximum Gasteiger partial charge on any atom is 0.237 e. The Hall–Kier alpha value is -0.650. The molecule has 0 aromatic carbocycles. The average molecular weight is 284 g/mol. The summed E-state index contributed by atoms with van der Waals surface area (Å²) in [4.78, 5) is 16.8. The number of piperazine rings is 1. The molecule has 1 atom stereocenters. The van der Waals surface area contributed by atoms with Gasteiger partial charge in [0.05, 0.1) is 6.04 Å². The zero-order chi connectivity index (χ0) is 14.8. The lowest BCUT2D eigenvalue weighted by Crippen LogP contribution is -2.54. The summed E-state index contributed by atoms with van der Waals surface area (Å²) in [5.74, 6) is 0.177. The van der Waals surface area contributed by atoms with Gasteiger partial charge in [-0.25, -0.2) is 0 Å². The second-order valence-corrected chi connectivity index (χ2v) is 5.69. The molecule has 1 fully saturated rings. The van der Waals surface area contributed by atoms with Gasteiger partial charge < -0.3 is 16.0 Å². The van der Waals surface area contributed by atoms with Crippen molar-refractivity contribution in [1.29, 1.82) is 0 Å². The highest BCUT2D eigenvalue weighted by Gasteiger charge is 2.24. The molecule has 0 aromatic rings. The van der Waals surface area contributed by atoms with Gasteiger partial charge in [-0.05, 0) is 32.9 Å². The topological polar surface area (TPSA) is 61.6 Å². The van der Waals surface area contributed by atoms with Crippen molar-refractivity contribution in [3.05, 3.63) is 0 Å². The number of rotatable bonds is 9. The first-order valence-corrected chi connectivity index (χ1v) is 8.13. The molecule has 1 aliphatic heterocycles.